The zero-order valence-electron chi connectivity index (χ0n) is 10.4. The van der Waals surface area contributed by atoms with Crippen molar-refractivity contribution >= 4 is 28.1 Å². The number of H-pyrrole nitrogens is 1. The molecule has 1 atom stereocenters. The zero-order valence-corrected chi connectivity index (χ0v) is 12.8. The first-order chi connectivity index (χ1) is 9.04. The molecule has 0 radical (unpaired) electrons. The normalized spacial score (nSPS) is 21.4. The van der Waals surface area contributed by atoms with E-state index in [1.54, 1.807) is 4.57 Å². The van der Waals surface area contributed by atoms with E-state index in [1.807, 2.05) is 25.3 Å². The maximum Gasteiger partial charge on any atom is 0.194 e. The van der Waals surface area contributed by atoms with Gasteiger partial charge in [0.05, 0.1) is 29.2 Å². The van der Waals surface area contributed by atoms with Crippen LogP contribution in [0.15, 0.2) is 28.3 Å². The van der Waals surface area contributed by atoms with Crippen molar-refractivity contribution in [3.8, 4) is 0 Å². The van der Waals surface area contributed by atoms with Gasteiger partial charge in [0.25, 0.3) is 0 Å². The van der Waals surface area contributed by atoms with Crippen molar-refractivity contribution in [2.45, 2.75) is 18.9 Å². The highest BCUT2D eigenvalue weighted by Gasteiger charge is 2.55. The number of aliphatic hydroxyl groups is 1. The molecular formula is C13H13BrN3OS+. The third-order valence-electron chi connectivity index (χ3n) is 3.81. The molecule has 2 N–H and O–H groups in total. The molecule has 1 saturated carbocycles. The van der Waals surface area contributed by atoms with E-state index < -0.39 is 6.10 Å². The molecule has 0 bridgehead atoms. The van der Waals surface area contributed by atoms with Crippen molar-refractivity contribution in [1.82, 2.24) is 14.8 Å². The Kier molecular flexibility index (Phi) is 3.06. The second-order valence-electron chi connectivity index (χ2n) is 4.93. The first-order valence-electron chi connectivity index (χ1n) is 6.02. The molecule has 1 unspecified atom stereocenters. The molecule has 0 aliphatic heterocycles. The predicted molar refractivity (Wildman–Crippen MR) is 77.9 cm³/mol. The number of nitrogens with zero attached hydrogens (tertiary/aromatic N) is 2. The van der Waals surface area contributed by atoms with Crippen molar-refractivity contribution in [1.29, 1.82) is 0 Å². The van der Waals surface area contributed by atoms with E-state index in [0.29, 0.717) is 10.6 Å². The second kappa shape index (κ2) is 4.49. The summed E-state index contributed by atoms with van der Waals surface area (Å²) in [6.45, 7) is 0. The summed E-state index contributed by atoms with van der Waals surface area (Å²) in [5.41, 5.74) is 0.867. The van der Waals surface area contributed by atoms with Gasteiger partial charge in [-0.25, -0.2) is 0 Å². The minimum atomic E-state index is -0.653. The molecule has 1 aromatic heterocycles. The average molecular weight is 339 g/mol. The van der Waals surface area contributed by atoms with Gasteiger partial charge in [-0.2, -0.15) is 5.10 Å². The van der Waals surface area contributed by atoms with E-state index >= 15 is 0 Å². The molecule has 19 heavy (non-hydrogen) atoms. The number of nitrogens with one attached hydrogen (secondary N) is 1. The van der Waals surface area contributed by atoms with Crippen LogP contribution in [-0.2, 0) is 7.05 Å². The summed E-state index contributed by atoms with van der Waals surface area (Å²) in [5, 5.41) is 17.5. The average Bonchev–Trinajstić information content (AvgIpc) is 3.13. The fourth-order valence-electron chi connectivity index (χ4n) is 2.45. The minimum absolute atomic E-state index is 0.244. The molecule has 0 aromatic carbocycles. The second-order valence-corrected chi connectivity index (χ2v) is 6.17. The number of allylic oxidation sites excluding steroid dienone is 5. The maximum absolute atomic E-state index is 10.7. The van der Waals surface area contributed by atoms with E-state index in [1.165, 1.54) is 0 Å². The highest BCUT2D eigenvalue weighted by molar-refractivity contribution is 9.11. The highest BCUT2D eigenvalue weighted by Crippen LogP contribution is 2.60. The Labute approximate surface area is 124 Å². The van der Waals surface area contributed by atoms with Crippen LogP contribution in [0.1, 0.15) is 24.8 Å². The van der Waals surface area contributed by atoms with E-state index in [-0.39, 0.29) is 5.41 Å². The molecule has 1 aromatic rings. The van der Waals surface area contributed by atoms with Gasteiger partial charge in [0, 0.05) is 7.05 Å². The molecule has 1 fully saturated rings. The van der Waals surface area contributed by atoms with Crippen LogP contribution >= 0.6 is 28.1 Å². The summed E-state index contributed by atoms with van der Waals surface area (Å²) in [6, 6.07) is 0. The minimum Gasteiger partial charge on any atom is -0.384 e. The molecule has 0 spiro atoms. The lowest BCUT2D eigenvalue weighted by atomic mass is 9.87. The number of halogens is 1. The van der Waals surface area contributed by atoms with Gasteiger partial charge < -0.3 is 9.67 Å². The van der Waals surface area contributed by atoms with Crippen LogP contribution in [0, 0.1) is 16.3 Å². The van der Waals surface area contributed by atoms with Crippen molar-refractivity contribution < 1.29 is 5.11 Å². The Morgan fingerprint density at radius 2 is 2.37 bits per heavy atom. The van der Waals surface area contributed by atoms with Crippen molar-refractivity contribution in [2.75, 3.05) is 0 Å². The Hall–Kier alpha value is -1.07. The van der Waals surface area contributed by atoms with Gasteiger partial charge in [-0.15, -0.1) is 0 Å². The quantitative estimate of drug-likeness (QED) is 0.658. The molecule has 3 rings (SSSR count). The van der Waals surface area contributed by atoms with Gasteiger partial charge in [0.1, 0.15) is 12.2 Å². The van der Waals surface area contributed by atoms with E-state index in [4.69, 9.17) is 12.2 Å². The first kappa shape index (κ1) is 12.9. The van der Waals surface area contributed by atoms with Crippen LogP contribution in [0.3, 0.4) is 0 Å². The Morgan fingerprint density at radius 3 is 2.89 bits per heavy atom. The van der Waals surface area contributed by atoms with Crippen LogP contribution in [0.4, 0.5) is 0 Å². The van der Waals surface area contributed by atoms with Crippen LogP contribution in [0.25, 0.3) is 0 Å². The summed E-state index contributed by atoms with van der Waals surface area (Å²) < 4.78 is 3.15. The molecule has 2 aliphatic rings. The molecule has 2 aliphatic carbocycles. The Bertz CT molecular complexity index is 664. The van der Waals surface area contributed by atoms with Gasteiger partial charge >= 0.3 is 0 Å². The van der Waals surface area contributed by atoms with Crippen molar-refractivity contribution in [3.05, 3.63) is 45.0 Å². The summed E-state index contributed by atoms with van der Waals surface area (Å²) in [6.07, 6.45) is 10.2. The predicted octanol–water partition coefficient (Wildman–Crippen LogP) is 2.87. The first-order valence-corrected chi connectivity index (χ1v) is 7.22. The number of aliphatic hydroxyl groups excluding tert-OH is 1. The SMILES string of the molecule is Cn1c(C(O)C2(C3=CC(Br)=[C+]C=C3)CC2)n[nH]c1=S. The number of aromatic nitrogens is 3. The number of aromatic amines is 1. The summed E-state index contributed by atoms with van der Waals surface area (Å²) >= 11 is 8.52. The molecule has 6 heteroatoms. The third-order valence-corrected chi connectivity index (χ3v) is 4.64. The fourth-order valence-corrected chi connectivity index (χ4v) is 2.97. The highest BCUT2D eigenvalue weighted by atomic mass is 79.9. The lowest BCUT2D eigenvalue weighted by Crippen LogP contribution is -2.19. The maximum atomic E-state index is 10.7. The van der Waals surface area contributed by atoms with Crippen molar-refractivity contribution in [3.63, 3.8) is 0 Å². The van der Waals surface area contributed by atoms with E-state index in [9.17, 15) is 5.11 Å². The van der Waals surface area contributed by atoms with Gasteiger partial charge in [-0.3, -0.25) is 5.10 Å². The van der Waals surface area contributed by atoms with Crippen LogP contribution < -0.4 is 0 Å². The standard InChI is InChI=1S/C13H12BrN3OS/c1-17-11(15-16-12(17)19)10(18)13(5-6-13)8-3-2-4-9(14)7-8/h2-3,7,10,18H,5-6H2,1H3/p+1. The largest absolute Gasteiger partial charge is 0.384 e. The monoisotopic (exact) mass is 338 g/mol. The zero-order chi connectivity index (χ0) is 13.6. The van der Waals surface area contributed by atoms with Gasteiger partial charge in [0.15, 0.2) is 15.1 Å². The number of hydrogen-bond donors (Lipinski definition) is 2. The van der Waals surface area contributed by atoms with Crippen molar-refractivity contribution in [2.24, 2.45) is 12.5 Å². The Balaban J connectivity index is 1.98. The molecular weight excluding hydrogens is 326 g/mol. The molecule has 98 valence electrons. The summed E-state index contributed by atoms with van der Waals surface area (Å²) in [7, 11) is 1.81. The number of rotatable bonds is 3. The van der Waals surface area contributed by atoms with Gasteiger partial charge in [-0.1, -0.05) is 0 Å². The lowest BCUT2D eigenvalue weighted by molar-refractivity contribution is 0.102. The summed E-state index contributed by atoms with van der Waals surface area (Å²) in [5.74, 6) is 0.589. The number of hydrogen-bond acceptors (Lipinski definition) is 3. The topological polar surface area (TPSA) is 53.8 Å². The Morgan fingerprint density at radius 1 is 1.63 bits per heavy atom. The van der Waals surface area contributed by atoms with Crippen LogP contribution in [0.2, 0.25) is 0 Å². The van der Waals surface area contributed by atoms with Gasteiger partial charge in [-0.05, 0) is 41.0 Å². The molecule has 1 heterocycles. The van der Waals surface area contributed by atoms with E-state index in [2.05, 4.69) is 32.2 Å². The van der Waals surface area contributed by atoms with E-state index in [0.717, 1.165) is 22.9 Å². The smallest absolute Gasteiger partial charge is 0.194 e. The van der Waals surface area contributed by atoms with Gasteiger partial charge in [0.2, 0.25) is 0 Å². The summed E-state index contributed by atoms with van der Waals surface area (Å²) in [4.78, 5) is 0. The third kappa shape index (κ3) is 2.05. The lowest BCUT2D eigenvalue weighted by Gasteiger charge is -2.20. The van der Waals surface area contributed by atoms with Crippen LogP contribution in [0.5, 0.6) is 0 Å². The van der Waals surface area contributed by atoms with Crippen LogP contribution in [-0.4, -0.2) is 19.9 Å². The molecule has 0 amide bonds. The fraction of sp³-hybridized carbons (Fsp3) is 0.385. The molecule has 0 saturated heterocycles. The molecule has 4 nitrogen and oxygen atoms in total.